The lowest BCUT2D eigenvalue weighted by molar-refractivity contribution is -0.126. The van der Waals surface area contributed by atoms with Crippen LogP contribution >= 0.6 is 0 Å². The number of benzene rings is 2. The Hall–Kier alpha value is -3.22. The van der Waals surface area contributed by atoms with Crippen molar-refractivity contribution in [3.63, 3.8) is 0 Å². The molecule has 2 N–H and O–H groups in total. The van der Waals surface area contributed by atoms with Crippen molar-refractivity contribution in [1.29, 1.82) is 0 Å². The number of piperidine rings is 1. The van der Waals surface area contributed by atoms with Crippen molar-refractivity contribution in [3.05, 3.63) is 54.1 Å². The molecule has 0 saturated carbocycles. The van der Waals surface area contributed by atoms with Gasteiger partial charge in [-0.1, -0.05) is 18.2 Å². The third-order valence-electron chi connectivity index (χ3n) is 5.51. The van der Waals surface area contributed by atoms with Gasteiger partial charge in [-0.15, -0.1) is 0 Å². The second kappa shape index (κ2) is 11.2. The first-order chi connectivity index (χ1) is 15.1. The van der Waals surface area contributed by atoms with Gasteiger partial charge in [-0.3, -0.25) is 9.59 Å². The average molecular weight is 426 g/mol. The average Bonchev–Trinajstić information content (AvgIpc) is 2.83. The molecule has 1 heterocycles. The number of para-hydroxylation sites is 1. The fraction of sp³-hybridized carbons (Fsp3) is 0.417. The zero-order valence-electron chi connectivity index (χ0n) is 18.2. The number of carbonyl (C=O) groups is 2. The lowest BCUT2D eigenvalue weighted by atomic mass is 9.95. The molecular weight excluding hydrogens is 394 g/mol. The molecule has 2 aromatic rings. The van der Waals surface area contributed by atoms with Crippen LogP contribution in [0, 0.1) is 5.92 Å². The zero-order valence-corrected chi connectivity index (χ0v) is 18.2. The van der Waals surface area contributed by atoms with Crippen LogP contribution in [0.5, 0.6) is 11.5 Å². The third-order valence-corrected chi connectivity index (χ3v) is 5.51. The number of hydrogen-bond acceptors (Lipinski definition) is 5. The van der Waals surface area contributed by atoms with Gasteiger partial charge in [0.25, 0.3) is 5.91 Å². The molecule has 2 amide bonds. The molecule has 2 aromatic carbocycles. The Bertz CT molecular complexity index is 842. The molecule has 7 nitrogen and oxygen atoms in total. The molecule has 1 aliphatic rings. The van der Waals surface area contributed by atoms with Gasteiger partial charge in [-0.25, -0.2) is 0 Å². The number of methoxy groups -OCH3 is 2. The van der Waals surface area contributed by atoms with Crippen LogP contribution in [0.15, 0.2) is 48.5 Å². The smallest absolute Gasteiger partial charge is 0.254 e. The van der Waals surface area contributed by atoms with Crippen molar-refractivity contribution in [2.45, 2.75) is 19.3 Å². The maximum atomic E-state index is 12.9. The molecule has 3 rings (SSSR count). The van der Waals surface area contributed by atoms with E-state index >= 15 is 0 Å². The quantitative estimate of drug-likeness (QED) is 0.603. The molecule has 0 aromatic heterocycles. The first-order valence-corrected chi connectivity index (χ1v) is 10.7. The molecule has 1 saturated heterocycles. The van der Waals surface area contributed by atoms with Gasteiger partial charge in [-0.2, -0.15) is 0 Å². The maximum Gasteiger partial charge on any atom is 0.254 e. The zero-order chi connectivity index (χ0) is 22.1. The highest BCUT2D eigenvalue weighted by atomic mass is 16.5. The van der Waals surface area contributed by atoms with Gasteiger partial charge < -0.3 is 25.0 Å². The largest absolute Gasteiger partial charge is 0.497 e. The second-order valence-electron chi connectivity index (χ2n) is 7.61. The number of rotatable bonds is 9. The summed E-state index contributed by atoms with van der Waals surface area (Å²) >= 11 is 0. The molecule has 1 fully saturated rings. The van der Waals surface area contributed by atoms with Gasteiger partial charge in [0.15, 0.2) is 0 Å². The van der Waals surface area contributed by atoms with E-state index in [1.807, 2.05) is 30.3 Å². The van der Waals surface area contributed by atoms with E-state index in [-0.39, 0.29) is 17.7 Å². The van der Waals surface area contributed by atoms with E-state index in [0.29, 0.717) is 49.5 Å². The molecule has 166 valence electrons. The summed E-state index contributed by atoms with van der Waals surface area (Å²) in [4.78, 5) is 27.2. The Morgan fingerprint density at radius 3 is 2.23 bits per heavy atom. The van der Waals surface area contributed by atoms with E-state index < -0.39 is 0 Å². The van der Waals surface area contributed by atoms with Gasteiger partial charge in [0.1, 0.15) is 11.5 Å². The molecule has 0 unspecified atom stereocenters. The van der Waals surface area contributed by atoms with E-state index in [1.165, 1.54) is 0 Å². The number of anilines is 1. The first kappa shape index (κ1) is 22.5. The van der Waals surface area contributed by atoms with E-state index in [9.17, 15) is 9.59 Å². The minimum absolute atomic E-state index is 0.0500. The van der Waals surface area contributed by atoms with Gasteiger partial charge in [-0.05, 0) is 43.5 Å². The Labute approximate surface area is 183 Å². The summed E-state index contributed by atoms with van der Waals surface area (Å²) in [7, 11) is 3.12. The Kier molecular flexibility index (Phi) is 8.15. The van der Waals surface area contributed by atoms with E-state index in [2.05, 4.69) is 10.6 Å². The van der Waals surface area contributed by atoms with E-state index in [0.717, 1.165) is 18.7 Å². The van der Waals surface area contributed by atoms with Gasteiger partial charge in [0, 0.05) is 49.4 Å². The first-order valence-electron chi connectivity index (χ1n) is 10.7. The standard InChI is InChI=1S/C24H31N3O4/c1-30-21-15-19(16-22(17-21)31-2)24(29)27-13-9-18(10-14-27)23(28)26-12-6-11-25-20-7-4-3-5-8-20/h3-5,7-8,15-18,25H,6,9-14H2,1-2H3,(H,26,28). The lowest BCUT2D eigenvalue weighted by Gasteiger charge is -2.31. The summed E-state index contributed by atoms with van der Waals surface area (Å²) in [5, 5.41) is 6.36. The molecule has 1 aliphatic heterocycles. The molecular formula is C24H31N3O4. The fourth-order valence-corrected chi connectivity index (χ4v) is 3.69. The van der Waals surface area contributed by atoms with E-state index in [1.54, 1.807) is 37.3 Å². The molecule has 0 aliphatic carbocycles. The maximum absolute atomic E-state index is 12.9. The molecule has 7 heteroatoms. The number of amides is 2. The summed E-state index contributed by atoms with van der Waals surface area (Å²) in [6.07, 6.45) is 2.19. The molecule has 0 bridgehead atoms. The number of hydrogen-bond donors (Lipinski definition) is 2. The minimum atomic E-state index is -0.0666. The summed E-state index contributed by atoms with van der Waals surface area (Å²) in [5.41, 5.74) is 1.62. The van der Waals surface area contributed by atoms with Crippen molar-refractivity contribution >= 4 is 17.5 Å². The SMILES string of the molecule is COc1cc(OC)cc(C(=O)N2CCC(C(=O)NCCCNc3ccccc3)CC2)c1. The summed E-state index contributed by atoms with van der Waals surface area (Å²) in [6, 6.07) is 15.2. The second-order valence-corrected chi connectivity index (χ2v) is 7.61. The Balaban J connectivity index is 1.40. The highest BCUT2D eigenvalue weighted by molar-refractivity contribution is 5.95. The van der Waals surface area contributed by atoms with Crippen LogP contribution in [0.25, 0.3) is 0 Å². The van der Waals surface area contributed by atoms with Gasteiger partial charge >= 0.3 is 0 Å². The predicted molar refractivity (Wildman–Crippen MR) is 121 cm³/mol. The van der Waals surface area contributed by atoms with Crippen molar-refractivity contribution in [1.82, 2.24) is 10.2 Å². The molecule has 0 spiro atoms. The third kappa shape index (κ3) is 6.38. The Morgan fingerprint density at radius 1 is 0.968 bits per heavy atom. The highest BCUT2D eigenvalue weighted by Gasteiger charge is 2.28. The lowest BCUT2D eigenvalue weighted by Crippen LogP contribution is -2.43. The van der Waals surface area contributed by atoms with Gasteiger partial charge in [0.05, 0.1) is 14.2 Å². The van der Waals surface area contributed by atoms with E-state index in [4.69, 9.17) is 9.47 Å². The summed E-state index contributed by atoms with van der Waals surface area (Å²) in [5.74, 6) is 1.13. The van der Waals surface area contributed by atoms with Crippen LogP contribution in [0.2, 0.25) is 0 Å². The summed E-state index contributed by atoms with van der Waals surface area (Å²) in [6.45, 7) is 2.57. The number of carbonyl (C=O) groups excluding carboxylic acids is 2. The highest BCUT2D eigenvalue weighted by Crippen LogP contribution is 2.25. The van der Waals surface area contributed by atoms with Gasteiger partial charge in [0.2, 0.25) is 5.91 Å². The number of ether oxygens (including phenoxy) is 2. The van der Waals surface area contributed by atoms with Crippen LogP contribution in [-0.2, 0) is 4.79 Å². The van der Waals surface area contributed by atoms with Crippen molar-refractivity contribution in [2.75, 3.05) is 45.7 Å². The molecule has 31 heavy (non-hydrogen) atoms. The van der Waals surface area contributed by atoms with Crippen LogP contribution in [-0.4, -0.2) is 57.1 Å². The van der Waals surface area contributed by atoms with Crippen LogP contribution in [0.3, 0.4) is 0 Å². The number of likely N-dealkylation sites (tertiary alicyclic amines) is 1. The summed E-state index contributed by atoms with van der Waals surface area (Å²) < 4.78 is 10.5. The minimum Gasteiger partial charge on any atom is -0.497 e. The topological polar surface area (TPSA) is 79.9 Å². The van der Waals surface area contributed by atoms with Crippen LogP contribution in [0.1, 0.15) is 29.6 Å². The molecule has 0 radical (unpaired) electrons. The van der Waals surface area contributed by atoms with Crippen LogP contribution in [0.4, 0.5) is 5.69 Å². The number of nitrogens with zero attached hydrogens (tertiary/aromatic N) is 1. The van der Waals surface area contributed by atoms with Crippen LogP contribution < -0.4 is 20.1 Å². The fourth-order valence-electron chi connectivity index (χ4n) is 3.69. The van der Waals surface area contributed by atoms with Crippen molar-refractivity contribution in [3.8, 4) is 11.5 Å². The predicted octanol–water partition coefficient (Wildman–Crippen LogP) is 3.17. The number of nitrogens with one attached hydrogen (secondary N) is 2. The Morgan fingerprint density at radius 2 is 1.61 bits per heavy atom. The monoisotopic (exact) mass is 425 g/mol. The van der Waals surface area contributed by atoms with Crippen molar-refractivity contribution in [2.24, 2.45) is 5.92 Å². The van der Waals surface area contributed by atoms with Crippen molar-refractivity contribution < 1.29 is 19.1 Å². The normalized spacial score (nSPS) is 14.1. The molecule has 0 atom stereocenters.